The largest absolute Gasteiger partial charge is 0.457 e. The van der Waals surface area contributed by atoms with E-state index in [1.807, 2.05) is 37.3 Å². The van der Waals surface area contributed by atoms with Gasteiger partial charge in [0.2, 0.25) is 0 Å². The first-order chi connectivity index (χ1) is 17.5. The Kier molecular flexibility index (Phi) is 7.17. The number of urea groups is 1. The molecule has 4 rings (SSSR count). The fourth-order valence-electron chi connectivity index (χ4n) is 3.47. The van der Waals surface area contributed by atoms with Crippen molar-refractivity contribution in [3.63, 3.8) is 0 Å². The van der Waals surface area contributed by atoms with Crippen LogP contribution in [0.5, 0.6) is 11.5 Å². The van der Waals surface area contributed by atoms with E-state index in [0.717, 1.165) is 16.9 Å². The number of carbonyl (C=O) groups excluding carboxylic acids is 2. The van der Waals surface area contributed by atoms with Crippen LogP contribution in [-0.4, -0.2) is 26.7 Å². The predicted molar refractivity (Wildman–Crippen MR) is 144 cm³/mol. The van der Waals surface area contributed by atoms with E-state index < -0.39 is 11.9 Å². The Bertz CT molecular complexity index is 1480. The van der Waals surface area contributed by atoms with Crippen molar-refractivity contribution in [1.82, 2.24) is 14.8 Å². The number of hydrogen-bond acceptors (Lipinski definition) is 5. The molecule has 4 N–H and O–H groups in total. The highest BCUT2D eigenvalue weighted by Crippen LogP contribution is 2.31. The standard InChI is InChI=1S/C27H27ClN6O3/c1-16-6-5-7-17(12-16)34-24(15-23(33-34)27(2,3)4)32-26(36)31-21-9-8-18(13-20(21)28)37-19-10-11-30-22(14-19)25(29)35/h5-15H,1-4H3,(H2,29,35)(H2,31,32,36). The molecule has 0 unspecified atom stereocenters. The molecule has 9 nitrogen and oxygen atoms in total. The van der Waals surface area contributed by atoms with Gasteiger partial charge in [0.15, 0.2) is 0 Å². The molecular formula is C27H27ClN6O3. The molecule has 10 heteroatoms. The molecule has 0 saturated heterocycles. The number of benzene rings is 2. The molecule has 0 fully saturated rings. The van der Waals surface area contributed by atoms with Crippen molar-refractivity contribution in [2.75, 3.05) is 10.6 Å². The van der Waals surface area contributed by atoms with Crippen LogP contribution in [0.25, 0.3) is 5.69 Å². The van der Waals surface area contributed by atoms with Gasteiger partial charge in [-0.05, 0) is 42.8 Å². The molecular weight excluding hydrogens is 492 g/mol. The van der Waals surface area contributed by atoms with Gasteiger partial charge in [-0.2, -0.15) is 5.10 Å². The van der Waals surface area contributed by atoms with Crippen LogP contribution in [0.1, 0.15) is 42.5 Å². The molecule has 0 bridgehead atoms. The molecule has 0 radical (unpaired) electrons. The number of amides is 3. The van der Waals surface area contributed by atoms with Crippen LogP contribution in [0.2, 0.25) is 5.02 Å². The van der Waals surface area contributed by atoms with E-state index in [2.05, 4.69) is 36.4 Å². The molecule has 0 aliphatic rings. The van der Waals surface area contributed by atoms with Crippen LogP contribution in [0, 0.1) is 6.92 Å². The van der Waals surface area contributed by atoms with Crippen molar-refractivity contribution in [3.8, 4) is 17.2 Å². The van der Waals surface area contributed by atoms with Gasteiger partial charge in [-0.15, -0.1) is 0 Å². The normalized spacial score (nSPS) is 11.2. The molecule has 0 aliphatic carbocycles. The van der Waals surface area contributed by atoms with Crippen molar-refractivity contribution in [2.24, 2.45) is 5.73 Å². The van der Waals surface area contributed by atoms with Gasteiger partial charge >= 0.3 is 6.03 Å². The summed E-state index contributed by atoms with van der Waals surface area (Å²) in [4.78, 5) is 28.1. The molecule has 0 spiro atoms. The van der Waals surface area contributed by atoms with Crippen molar-refractivity contribution >= 4 is 35.0 Å². The summed E-state index contributed by atoms with van der Waals surface area (Å²) in [6.07, 6.45) is 1.42. The predicted octanol–water partition coefficient (Wildman–Crippen LogP) is 6.06. The van der Waals surface area contributed by atoms with Gasteiger partial charge in [-0.1, -0.05) is 44.5 Å². The molecule has 4 aromatic rings. The average Bonchev–Trinajstić information content (AvgIpc) is 3.25. The number of halogens is 1. The van der Waals surface area contributed by atoms with Gasteiger partial charge in [0, 0.05) is 29.8 Å². The van der Waals surface area contributed by atoms with E-state index in [9.17, 15) is 9.59 Å². The average molecular weight is 519 g/mol. The fraction of sp³-hybridized carbons (Fsp3) is 0.185. The highest BCUT2D eigenvalue weighted by Gasteiger charge is 2.22. The van der Waals surface area contributed by atoms with E-state index >= 15 is 0 Å². The number of pyridine rings is 1. The Labute approximate surface area is 219 Å². The summed E-state index contributed by atoms with van der Waals surface area (Å²) in [5, 5.41) is 10.6. The number of aryl methyl sites for hydroxylation is 1. The Morgan fingerprint density at radius 1 is 1.00 bits per heavy atom. The van der Waals surface area contributed by atoms with E-state index in [1.165, 1.54) is 12.3 Å². The zero-order chi connectivity index (χ0) is 26.7. The van der Waals surface area contributed by atoms with E-state index in [0.29, 0.717) is 23.0 Å². The van der Waals surface area contributed by atoms with Crippen LogP contribution >= 0.6 is 11.6 Å². The maximum Gasteiger partial charge on any atom is 0.324 e. The Morgan fingerprint density at radius 3 is 2.43 bits per heavy atom. The molecule has 0 aliphatic heterocycles. The minimum atomic E-state index is -0.660. The summed E-state index contributed by atoms with van der Waals surface area (Å²) >= 11 is 6.41. The second kappa shape index (κ2) is 10.3. The number of aromatic nitrogens is 3. The molecule has 37 heavy (non-hydrogen) atoms. The number of anilines is 2. The number of primary amides is 1. The van der Waals surface area contributed by atoms with Crippen LogP contribution < -0.4 is 21.1 Å². The van der Waals surface area contributed by atoms with Gasteiger partial charge < -0.3 is 15.8 Å². The van der Waals surface area contributed by atoms with Gasteiger partial charge in [0.25, 0.3) is 5.91 Å². The molecule has 0 atom stereocenters. The smallest absolute Gasteiger partial charge is 0.324 e. The van der Waals surface area contributed by atoms with E-state index in [4.69, 9.17) is 27.2 Å². The molecule has 2 aromatic carbocycles. The minimum absolute atomic E-state index is 0.0816. The maximum absolute atomic E-state index is 12.9. The van der Waals surface area contributed by atoms with Gasteiger partial charge in [-0.3, -0.25) is 15.1 Å². The summed E-state index contributed by atoms with van der Waals surface area (Å²) in [6.45, 7) is 8.18. The van der Waals surface area contributed by atoms with Crippen LogP contribution in [-0.2, 0) is 5.41 Å². The van der Waals surface area contributed by atoms with Crippen LogP contribution in [0.15, 0.2) is 66.9 Å². The third kappa shape index (κ3) is 6.25. The van der Waals surface area contributed by atoms with Gasteiger partial charge in [0.05, 0.1) is 22.1 Å². The van der Waals surface area contributed by atoms with Crippen LogP contribution in [0.4, 0.5) is 16.3 Å². The van der Waals surface area contributed by atoms with Gasteiger partial charge in [-0.25, -0.2) is 9.48 Å². The summed E-state index contributed by atoms with van der Waals surface area (Å²) < 4.78 is 7.45. The number of nitrogens with one attached hydrogen (secondary N) is 2. The molecule has 2 heterocycles. The summed E-state index contributed by atoms with van der Waals surface area (Å²) in [6, 6.07) is 17.1. The number of nitrogens with two attached hydrogens (primary N) is 1. The quantitative estimate of drug-likeness (QED) is 0.286. The number of carbonyl (C=O) groups is 2. The molecule has 2 aromatic heterocycles. The Balaban J connectivity index is 1.51. The number of rotatable bonds is 6. The first kappa shape index (κ1) is 25.7. The number of hydrogen-bond donors (Lipinski definition) is 3. The van der Waals surface area contributed by atoms with Crippen molar-refractivity contribution in [3.05, 3.63) is 88.8 Å². The van der Waals surface area contributed by atoms with E-state index in [-0.39, 0.29) is 16.1 Å². The SMILES string of the molecule is Cc1cccc(-n2nc(C(C)(C)C)cc2NC(=O)Nc2ccc(Oc3ccnc(C(N)=O)c3)cc2Cl)c1. The van der Waals surface area contributed by atoms with E-state index in [1.54, 1.807) is 28.9 Å². The highest BCUT2D eigenvalue weighted by atomic mass is 35.5. The molecule has 0 saturated carbocycles. The monoisotopic (exact) mass is 518 g/mol. The minimum Gasteiger partial charge on any atom is -0.457 e. The molecule has 190 valence electrons. The van der Waals surface area contributed by atoms with Crippen LogP contribution in [0.3, 0.4) is 0 Å². The lowest BCUT2D eigenvalue weighted by Crippen LogP contribution is -2.21. The first-order valence-electron chi connectivity index (χ1n) is 11.5. The lowest BCUT2D eigenvalue weighted by Gasteiger charge is -2.14. The fourth-order valence-corrected chi connectivity index (χ4v) is 3.69. The van der Waals surface area contributed by atoms with Crippen molar-refractivity contribution in [2.45, 2.75) is 33.1 Å². The second-order valence-electron chi connectivity index (χ2n) is 9.48. The first-order valence-corrected chi connectivity index (χ1v) is 11.9. The Morgan fingerprint density at radius 2 is 1.76 bits per heavy atom. The third-order valence-corrected chi connectivity index (χ3v) is 5.69. The number of ether oxygens (including phenoxy) is 1. The van der Waals surface area contributed by atoms with Crippen molar-refractivity contribution < 1.29 is 14.3 Å². The summed E-state index contributed by atoms with van der Waals surface area (Å²) in [5.41, 5.74) is 8.26. The molecule has 3 amide bonds. The lowest BCUT2D eigenvalue weighted by molar-refractivity contribution is 0.0995. The highest BCUT2D eigenvalue weighted by molar-refractivity contribution is 6.34. The Hall–Kier alpha value is -4.37. The third-order valence-electron chi connectivity index (χ3n) is 5.37. The summed E-state index contributed by atoms with van der Waals surface area (Å²) in [7, 11) is 0. The zero-order valence-electron chi connectivity index (χ0n) is 20.9. The topological polar surface area (TPSA) is 124 Å². The summed E-state index contributed by atoms with van der Waals surface area (Å²) in [5.74, 6) is 0.641. The number of nitrogens with zero attached hydrogens (tertiary/aromatic N) is 3. The second-order valence-corrected chi connectivity index (χ2v) is 9.89. The zero-order valence-corrected chi connectivity index (χ0v) is 21.6. The van der Waals surface area contributed by atoms with Crippen molar-refractivity contribution in [1.29, 1.82) is 0 Å². The lowest BCUT2D eigenvalue weighted by atomic mass is 9.92. The van der Waals surface area contributed by atoms with Gasteiger partial charge in [0.1, 0.15) is 23.0 Å². The maximum atomic E-state index is 12.9.